The molecule has 0 radical (unpaired) electrons. The second-order valence-electron chi connectivity index (χ2n) is 3.53. The SMILES string of the molecule is CCOc1ccccc1.OCc1ccc(Cl)cc1. The van der Waals surface area contributed by atoms with Gasteiger partial charge >= 0.3 is 0 Å². The second-order valence-corrected chi connectivity index (χ2v) is 3.97. The van der Waals surface area contributed by atoms with E-state index in [1.54, 1.807) is 24.3 Å². The average Bonchev–Trinajstić information content (AvgIpc) is 2.42. The Bertz CT molecular complexity index is 426. The number of aliphatic hydroxyl groups is 1. The molecule has 2 rings (SSSR count). The summed E-state index contributed by atoms with van der Waals surface area (Å²) in [7, 11) is 0. The first-order valence-electron chi connectivity index (χ1n) is 5.79. The van der Waals surface area contributed by atoms with E-state index in [9.17, 15) is 0 Å². The Hall–Kier alpha value is -1.51. The summed E-state index contributed by atoms with van der Waals surface area (Å²) in [5.41, 5.74) is 0.888. The summed E-state index contributed by atoms with van der Waals surface area (Å²) in [4.78, 5) is 0. The number of hydrogen-bond acceptors (Lipinski definition) is 2. The van der Waals surface area contributed by atoms with Gasteiger partial charge < -0.3 is 9.84 Å². The van der Waals surface area contributed by atoms with Gasteiger partial charge in [0.15, 0.2) is 0 Å². The number of hydrogen-bond donors (Lipinski definition) is 1. The molecule has 0 unspecified atom stereocenters. The number of aliphatic hydroxyl groups excluding tert-OH is 1. The van der Waals surface area contributed by atoms with Crippen molar-refractivity contribution in [1.82, 2.24) is 0 Å². The molecule has 0 saturated heterocycles. The van der Waals surface area contributed by atoms with Gasteiger partial charge in [0, 0.05) is 5.02 Å². The zero-order valence-corrected chi connectivity index (χ0v) is 11.1. The van der Waals surface area contributed by atoms with Crippen molar-refractivity contribution in [3.8, 4) is 5.75 Å². The van der Waals surface area contributed by atoms with Crippen molar-refractivity contribution in [2.75, 3.05) is 6.61 Å². The average molecular weight is 265 g/mol. The largest absolute Gasteiger partial charge is 0.494 e. The molecule has 96 valence electrons. The van der Waals surface area contributed by atoms with Crippen molar-refractivity contribution < 1.29 is 9.84 Å². The van der Waals surface area contributed by atoms with Crippen LogP contribution in [0.15, 0.2) is 54.6 Å². The quantitative estimate of drug-likeness (QED) is 0.911. The van der Waals surface area contributed by atoms with Gasteiger partial charge in [-0.1, -0.05) is 41.9 Å². The Morgan fingerprint density at radius 2 is 1.61 bits per heavy atom. The summed E-state index contributed by atoms with van der Waals surface area (Å²) in [5, 5.41) is 9.29. The molecular formula is C15H17ClO2. The Kier molecular flexibility index (Phi) is 6.92. The van der Waals surface area contributed by atoms with E-state index in [0.717, 1.165) is 17.9 Å². The number of para-hydroxylation sites is 1. The highest BCUT2D eigenvalue weighted by atomic mass is 35.5. The van der Waals surface area contributed by atoms with Crippen LogP contribution in [0.2, 0.25) is 5.02 Å². The minimum Gasteiger partial charge on any atom is -0.494 e. The van der Waals surface area contributed by atoms with Gasteiger partial charge in [-0.3, -0.25) is 0 Å². The lowest BCUT2D eigenvalue weighted by Gasteiger charge is -1.99. The molecule has 0 amide bonds. The van der Waals surface area contributed by atoms with Gasteiger partial charge in [-0.25, -0.2) is 0 Å². The molecule has 1 N–H and O–H groups in total. The van der Waals surface area contributed by atoms with Crippen LogP contribution < -0.4 is 4.74 Å². The normalized spacial score (nSPS) is 9.28. The standard InChI is InChI=1S/C8H10O.C7H7ClO/c1-2-9-8-6-4-3-5-7-8;8-7-3-1-6(5-9)2-4-7/h3-7H,2H2,1H3;1-4,9H,5H2. The van der Waals surface area contributed by atoms with Crippen LogP contribution in [0.1, 0.15) is 12.5 Å². The summed E-state index contributed by atoms with van der Waals surface area (Å²) in [6, 6.07) is 16.9. The minimum absolute atomic E-state index is 0.0805. The van der Waals surface area contributed by atoms with Crippen LogP contribution in [0, 0.1) is 0 Å². The molecule has 0 atom stereocenters. The monoisotopic (exact) mass is 264 g/mol. The van der Waals surface area contributed by atoms with E-state index in [4.69, 9.17) is 21.4 Å². The Morgan fingerprint density at radius 1 is 1.00 bits per heavy atom. The van der Waals surface area contributed by atoms with E-state index in [1.165, 1.54) is 0 Å². The first-order chi connectivity index (χ1) is 8.76. The maximum atomic E-state index is 8.59. The number of halogens is 1. The Morgan fingerprint density at radius 3 is 2.11 bits per heavy atom. The maximum Gasteiger partial charge on any atom is 0.119 e. The highest BCUT2D eigenvalue weighted by Crippen LogP contribution is 2.08. The molecule has 0 aliphatic rings. The Labute approximate surface area is 113 Å². The fourth-order valence-corrected chi connectivity index (χ4v) is 1.40. The van der Waals surface area contributed by atoms with Crippen LogP contribution in [0.4, 0.5) is 0 Å². The van der Waals surface area contributed by atoms with Crippen LogP contribution in [-0.2, 0) is 6.61 Å². The van der Waals surface area contributed by atoms with E-state index < -0.39 is 0 Å². The lowest BCUT2D eigenvalue weighted by Crippen LogP contribution is -1.89. The van der Waals surface area contributed by atoms with Gasteiger partial charge in [-0.2, -0.15) is 0 Å². The summed E-state index contributed by atoms with van der Waals surface area (Å²) < 4.78 is 5.21. The smallest absolute Gasteiger partial charge is 0.119 e. The predicted molar refractivity (Wildman–Crippen MR) is 75.0 cm³/mol. The maximum absolute atomic E-state index is 8.59. The van der Waals surface area contributed by atoms with Crippen molar-refractivity contribution in [3.05, 3.63) is 65.2 Å². The summed E-state index contributed by atoms with van der Waals surface area (Å²) in [5.74, 6) is 0.944. The first-order valence-corrected chi connectivity index (χ1v) is 6.17. The van der Waals surface area contributed by atoms with Crippen LogP contribution in [-0.4, -0.2) is 11.7 Å². The molecule has 0 saturated carbocycles. The predicted octanol–water partition coefficient (Wildman–Crippen LogP) is 3.92. The molecule has 0 fully saturated rings. The summed E-state index contributed by atoms with van der Waals surface area (Å²) in [6.07, 6.45) is 0. The fraction of sp³-hybridized carbons (Fsp3) is 0.200. The van der Waals surface area contributed by atoms with Crippen molar-refractivity contribution in [3.63, 3.8) is 0 Å². The highest BCUT2D eigenvalue weighted by Gasteiger charge is 1.87. The van der Waals surface area contributed by atoms with Crippen molar-refractivity contribution in [2.24, 2.45) is 0 Å². The van der Waals surface area contributed by atoms with Crippen LogP contribution in [0.25, 0.3) is 0 Å². The lowest BCUT2D eigenvalue weighted by molar-refractivity contribution is 0.282. The molecule has 0 aliphatic carbocycles. The van der Waals surface area contributed by atoms with E-state index >= 15 is 0 Å². The molecule has 0 spiro atoms. The van der Waals surface area contributed by atoms with Crippen LogP contribution in [0.5, 0.6) is 5.75 Å². The third-order valence-electron chi connectivity index (χ3n) is 2.15. The van der Waals surface area contributed by atoms with Crippen molar-refractivity contribution in [2.45, 2.75) is 13.5 Å². The summed E-state index contributed by atoms with van der Waals surface area (Å²) in [6.45, 7) is 2.80. The molecule has 18 heavy (non-hydrogen) atoms. The molecule has 0 aromatic heterocycles. The molecule has 2 aromatic carbocycles. The zero-order chi connectivity index (χ0) is 13.2. The third kappa shape index (κ3) is 5.71. The van der Waals surface area contributed by atoms with Gasteiger partial charge in [0.1, 0.15) is 5.75 Å². The topological polar surface area (TPSA) is 29.5 Å². The first kappa shape index (κ1) is 14.6. The van der Waals surface area contributed by atoms with E-state index in [0.29, 0.717) is 5.02 Å². The second kappa shape index (κ2) is 8.56. The highest BCUT2D eigenvalue weighted by molar-refractivity contribution is 6.30. The number of rotatable bonds is 3. The van der Waals surface area contributed by atoms with Crippen LogP contribution in [0.3, 0.4) is 0 Å². The van der Waals surface area contributed by atoms with Crippen LogP contribution >= 0.6 is 11.6 Å². The van der Waals surface area contributed by atoms with Gasteiger partial charge in [0.05, 0.1) is 13.2 Å². The fourth-order valence-electron chi connectivity index (χ4n) is 1.27. The zero-order valence-electron chi connectivity index (χ0n) is 10.3. The lowest BCUT2D eigenvalue weighted by atomic mass is 10.2. The van der Waals surface area contributed by atoms with Gasteiger partial charge in [-0.05, 0) is 36.8 Å². The molecule has 0 bridgehead atoms. The molecular weight excluding hydrogens is 248 g/mol. The van der Waals surface area contributed by atoms with Gasteiger partial charge in [-0.15, -0.1) is 0 Å². The minimum atomic E-state index is 0.0805. The molecule has 0 aliphatic heterocycles. The molecule has 2 nitrogen and oxygen atoms in total. The van der Waals surface area contributed by atoms with E-state index in [1.807, 2.05) is 37.3 Å². The van der Waals surface area contributed by atoms with Crippen molar-refractivity contribution in [1.29, 1.82) is 0 Å². The number of ether oxygens (including phenoxy) is 1. The van der Waals surface area contributed by atoms with Gasteiger partial charge in [0.25, 0.3) is 0 Å². The summed E-state index contributed by atoms with van der Waals surface area (Å²) >= 11 is 5.59. The molecule has 0 heterocycles. The third-order valence-corrected chi connectivity index (χ3v) is 2.40. The van der Waals surface area contributed by atoms with Gasteiger partial charge in [0.2, 0.25) is 0 Å². The van der Waals surface area contributed by atoms with E-state index in [-0.39, 0.29) is 6.61 Å². The van der Waals surface area contributed by atoms with Crippen molar-refractivity contribution >= 4 is 11.6 Å². The Balaban J connectivity index is 0.000000180. The van der Waals surface area contributed by atoms with E-state index in [2.05, 4.69) is 0 Å². The molecule has 3 heteroatoms. The number of benzene rings is 2. The molecule has 2 aromatic rings.